The second kappa shape index (κ2) is 7.52. The highest BCUT2D eigenvalue weighted by atomic mass is 16.6. The lowest BCUT2D eigenvalue weighted by molar-refractivity contribution is -0.0558. The van der Waals surface area contributed by atoms with Gasteiger partial charge in [0.25, 0.3) is 5.56 Å². The van der Waals surface area contributed by atoms with E-state index in [0.29, 0.717) is 5.56 Å². The van der Waals surface area contributed by atoms with E-state index in [0.717, 1.165) is 21.4 Å². The Bertz CT molecular complexity index is 863. The van der Waals surface area contributed by atoms with Crippen molar-refractivity contribution < 1.29 is 25.2 Å². The van der Waals surface area contributed by atoms with Crippen LogP contribution in [0, 0.1) is 0 Å². The molecule has 1 fully saturated rings. The average molecular weight is 364 g/mol. The molecule has 3 rings (SSSR count). The number of benzene rings is 1. The molecule has 9 heteroatoms. The summed E-state index contributed by atoms with van der Waals surface area (Å²) in [5, 5.41) is 39.4. The lowest BCUT2D eigenvalue weighted by Gasteiger charge is -2.19. The first-order chi connectivity index (χ1) is 12.4. The predicted octanol–water partition coefficient (Wildman–Crippen LogP) is -1.64. The Morgan fingerprint density at radius 3 is 2.38 bits per heavy atom. The third-order valence-corrected chi connectivity index (χ3v) is 4.43. The molecule has 1 aromatic heterocycles. The largest absolute Gasteiger partial charge is 0.394 e. The maximum atomic E-state index is 12.7. The molecule has 0 radical (unpaired) electrons. The molecule has 4 N–H and O–H groups in total. The van der Waals surface area contributed by atoms with Gasteiger partial charge in [0.1, 0.15) is 18.3 Å². The first-order valence-electron chi connectivity index (χ1n) is 8.11. The quantitative estimate of drug-likeness (QED) is 0.500. The molecule has 0 saturated carbocycles. The van der Waals surface area contributed by atoms with Crippen molar-refractivity contribution in [3.8, 4) is 0 Å². The lowest BCUT2D eigenvalue weighted by atomic mass is 10.1. The van der Waals surface area contributed by atoms with Crippen LogP contribution in [-0.4, -0.2) is 54.5 Å². The van der Waals surface area contributed by atoms with E-state index in [2.05, 4.69) is 0 Å². The Morgan fingerprint density at radius 1 is 1.08 bits per heavy atom. The van der Waals surface area contributed by atoms with E-state index in [4.69, 9.17) is 9.84 Å². The van der Waals surface area contributed by atoms with Crippen LogP contribution in [0.5, 0.6) is 0 Å². The Hall–Kier alpha value is -2.30. The maximum Gasteiger partial charge on any atom is 0.333 e. The summed E-state index contributed by atoms with van der Waals surface area (Å²) in [6.07, 6.45) is -5.05. The van der Waals surface area contributed by atoms with E-state index in [1.54, 1.807) is 30.3 Å². The molecule has 2 heterocycles. The summed E-state index contributed by atoms with van der Waals surface area (Å²) in [5.74, 6) is 0. The van der Waals surface area contributed by atoms with Crippen molar-refractivity contribution in [1.29, 1.82) is 0 Å². The summed E-state index contributed by atoms with van der Waals surface area (Å²) >= 11 is 0. The number of hydrogen-bond acceptors (Lipinski definition) is 7. The standard InChI is InChI=1S/C17H20N2O7/c20-9-12-14(23)15(24)16(26-12)18-7-6-13(22)19(17(18)25)8-11(21)10-4-2-1-3-5-10/h1-7,11-12,14-16,20-21,23-24H,8-9H2/t11?,12-,14-,15-,16-/m1/s1. The number of hydrogen-bond donors (Lipinski definition) is 4. The van der Waals surface area contributed by atoms with Crippen LogP contribution in [0.1, 0.15) is 17.9 Å². The van der Waals surface area contributed by atoms with Gasteiger partial charge in [-0.2, -0.15) is 0 Å². The zero-order valence-electron chi connectivity index (χ0n) is 13.8. The van der Waals surface area contributed by atoms with Gasteiger partial charge in [-0.25, -0.2) is 4.79 Å². The van der Waals surface area contributed by atoms with Crippen molar-refractivity contribution in [2.24, 2.45) is 0 Å². The highest BCUT2D eigenvalue weighted by molar-refractivity contribution is 5.17. The SMILES string of the molecule is O=c1ccn([C@@H]2O[C@H](CO)[C@@H](O)[C@H]2O)c(=O)n1CC(O)c1ccccc1. The topological polar surface area (TPSA) is 134 Å². The molecular weight excluding hydrogens is 344 g/mol. The summed E-state index contributed by atoms with van der Waals surface area (Å²) in [7, 11) is 0. The molecular formula is C17H20N2O7. The number of aliphatic hydroxyl groups is 4. The van der Waals surface area contributed by atoms with Crippen LogP contribution in [0.2, 0.25) is 0 Å². The van der Waals surface area contributed by atoms with Crippen molar-refractivity contribution in [3.63, 3.8) is 0 Å². The Kier molecular flexibility index (Phi) is 5.35. The molecule has 1 saturated heterocycles. The third kappa shape index (κ3) is 3.35. The van der Waals surface area contributed by atoms with Gasteiger partial charge in [0.15, 0.2) is 6.23 Å². The van der Waals surface area contributed by atoms with E-state index in [-0.39, 0.29) is 6.54 Å². The first kappa shape index (κ1) is 18.5. The molecule has 2 aromatic rings. The monoisotopic (exact) mass is 364 g/mol. The highest BCUT2D eigenvalue weighted by Gasteiger charge is 2.43. The molecule has 140 valence electrons. The van der Waals surface area contributed by atoms with Gasteiger partial charge >= 0.3 is 5.69 Å². The maximum absolute atomic E-state index is 12.7. The van der Waals surface area contributed by atoms with Gasteiger partial charge < -0.3 is 25.2 Å². The molecule has 1 aliphatic heterocycles. The summed E-state index contributed by atoms with van der Waals surface area (Å²) in [6.45, 7) is -0.812. The highest BCUT2D eigenvalue weighted by Crippen LogP contribution is 2.27. The van der Waals surface area contributed by atoms with Crippen molar-refractivity contribution >= 4 is 0 Å². The summed E-state index contributed by atoms with van der Waals surface area (Å²) < 4.78 is 7.11. The van der Waals surface area contributed by atoms with Gasteiger partial charge in [0, 0.05) is 12.3 Å². The number of aromatic nitrogens is 2. The number of ether oxygens (including phenoxy) is 1. The van der Waals surface area contributed by atoms with E-state index < -0.39 is 48.5 Å². The minimum absolute atomic E-state index is 0.280. The zero-order chi connectivity index (χ0) is 18.8. The molecule has 5 atom stereocenters. The molecule has 1 aromatic carbocycles. The molecule has 9 nitrogen and oxygen atoms in total. The molecule has 1 unspecified atom stereocenters. The summed E-state index contributed by atoms with van der Waals surface area (Å²) in [4.78, 5) is 24.8. The van der Waals surface area contributed by atoms with Crippen molar-refractivity contribution in [3.05, 3.63) is 69.0 Å². The minimum atomic E-state index is -1.45. The van der Waals surface area contributed by atoms with Crippen LogP contribution in [0.15, 0.2) is 52.2 Å². The molecule has 0 aliphatic carbocycles. The minimum Gasteiger partial charge on any atom is -0.394 e. The van der Waals surface area contributed by atoms with E-state index in [1.807, 2.05) is 0 Å². The van der Waals surface area contributed by atoms with Crippen molar-refractivity contribution in [2.45, 2.75) is 37.2 Å². The second-order valence-electron chi connectivity index (χ2n) is 6.11. The normalized spacial score (nSPS) is 26.8. The summed E-state index contributed by atoms with van der Waals surface area (Å²) in [5.41, 5.74) is -0.877. The van der Waals surface area contributed by atoms with Crippen LogP contribution < -0.4 is 11.2 Å². The van der Waals surface area contributed by atoms with Gasteiger partial charge in [-0.15, -0.1) is 0 Å². The zero-order valence-corrected chi connectivity index (χ0v) is 13.8. The van der Waals surface area contributed by atoms with Gasteiger partial charge in [-0.05, 0) is 5.56 Å². The van der Waals surface area contributed by atoms with Crippen LogP contribution in [0.3, 0.4) is 0 Å². The first-order valence-corrected chi connectivity index (χ1v) is 8.11. The molecule has 1 aliphatic rings. The number of nitrogens with zero attached hydrogens (tertiary/aromatic N) is 2. The van der Waals surface area contributed by atoms with Crippen molar-refractivity contribution in [1.82, 2.24) is 9.13 Å². The number of aliphatic hydroxyl groups excluding tert-OH is 4. The predicted molar refractivity (Wildman–Crippen MR) is 89.4 cm³/mol. The fourth-order valence-electron chi connectivity index (χ4n) is 2.96. The fraction of sp³-hybridized carbons (Fsp3) is 0.412. The smallest absolute Gasteiger partial charge is 0.333 e. The third-order valence-electron chi connectivity index (χ3n) is 4.43. The van der Waals surface area contributed by atoms with Crippen LogP contribution in [0.4, 0.5) is 0 Å². The Morgan fingerprint density at radius 2 is 1.77 bits per heavy atom. The fourth-order valence-corrected chi connectivity index (χ4v) is 2.96. The van der Waals surface area contributed by atoms with Gasteiger partial charge in [0.05, 0.1) is 19.3 Å². The lowest BCUT2D eigenvalue weighted by Crippen LogP contribution is -2.43. The molecule has 0 amide bonds. The van der Waals surface area contributed by atoms with E-state index in [1.165, 1.54) is 0 Å². The molecule has 0 bridgehead atoms. The Labute approximate surface area is 148 Å². The van der Waals surface area contributed by atoms with Crippen molar-refractivity contribution in [2.75, 3.05) is 6.61 Å². The van der Waals surface area contributed by atoms with Crippen LogP contribution in [0.25, 0.3) is 0 Å². The van der Waals surface area contributed by atoms with Gasteiger partial charge in [-0.1, -0.05) is 30.3 Å². The number of rotatable bonds is 5. The van der Waals surface area contributed by atoms with Crippen LogP contribution >= 0.6 is 0 Å². The van der Waals surface area contributed by atoms with E-state index >= 15 is 0 Å². The molecule has 0 spiro atoms. The van der Waals surface area contributed by atoms with Gasteiger partial charge in [0.2, 0.25) is 0 Å². The second-order valence-corrected chi connectivity index (χ2v) is 6.11. The molecule has 26 heavy (non-hydrogen) atoms. The van der Waals surface area contributed by atoms with E-state index in [9.17, 15) is 24.9 Å². The van der Waals surface area contributed by atoms with Gasteiger partial charge in [-0.3, -0.25) is 13.9 Å². The average Bonchev–Trinajstić information content (AvgIpc) is 2.94. The summed E-state index contributed by atoms with van der Waals surface area (Å²) in [6, 6.07) is 9.67. The Balaban J connectivity index is 1.93. The van der Waals surface area contributed by atoms with Crippen LogP contribution in [-0.2, 0) is 11.3 Å².